The quantitative estimate of drug-likeness (QED) is 0.869. The van der Waals surface area contributed by atoms with Crippen LogP contribution in [0.2, 0.25) is 0 Å². The minimum Gasteiger partial charge on any atom is -0.389 e. The van der Waals surface area contributed by atoms with Crippen LogP contribution in [-0.4, -0.2) is 17.7 Å². The van der Waals surface area contributed by atoms with Crippen molar-refractivity contribution in [2.24, 2.45) is 5.92 Å². The largest absolute Gasteiger partial charge is 0.389 e. The van der Waals surface area contributed by atoms with Crippen LogP contribution in [0.25, 0.3) is 0 Å². The van der Waals surface area contributed by atoms with Gasteiger partial charge in [-0.1, -0.05) is 6.92 Å². The summed E-state index contributed by atoms with van der Waals surface area (Å²) < 4.78 is 13.3. The van der Waals surface area contributed by atoms with Gasteiger partial charge in [0.1, 0.15) is 5.82 Å². The lowest BCUT2D eigenvalue weighted by atomic mass is 9.92. The number of aliphatic hydroxyl groups is 1. The molecule has 0 saturated carbocycles. The van der Waals surface area contributed by atoms with Crippen molar-refractivity contribution in [1.82, 2.24) is 0 Å². The fourth-order valence-electron chi connectivity index (χ4n) is 2.89. The first-order valence-electron chi connectivity index (χ1n) is 6.73. The van der Waals surface area contributed by atoms with E-state index in [0.29, 0.717) is 11.6 Å². The van der Waals surface area contributed by atoms with Crippen LogP contribution in [0.4, 0.5) is 10.1 Å². The maximum Gasteiger partial charge on any atom is 0.123 e. The van der Waals surface area contributed by atoms with Gasteiger partial charge in [0.25, 0.3) is 0 Å². The number of anilines is 1. The molecule has 3 atom stereocenters. The number of halogens is 1. The third kappa shape index (κ3) is 2.66. The second-order valence-corrected chi connectivity index (χ2v) is 5.55. The van der Waals surface area contributed by atoms with E-state index < -0.39 is 6.10 Å². The maximum atomic E-state index is 13.3. The predicted molar refractivity (Wildman–Crippen MR) is 72.2 cm³/mol. The van der Waals surface area contributed by atoms with Gasteiger partial charge in [0.15, 0.2) is 0 Å². The van der Waals surface area contributed by atoms with Crippen molar-refractivity contribution < 1.29 is 9.50 Å². The van der Waals surface area contributed by atoms with Gasteiger partial charge in [0.05, 0.1) is 6.10 Å². The van der Waals surface area contributed by atoms with E-state index in [9.17, 15) is 9.50 Å². The number of hydrogen-bond donors (Lipinski definition) is 1. The Morgan fingerprint density at radius 2 is 2.11 bits per heavy atom. The Hall–Kier alpha value is -1.09. The molecule has 0 aromatic heterocycles. The number of rotatable bonds is 2. The van der Waals surface area contributed by atoms with Crippen molar-refractivity contribution in [2.45, 2.75) is 45.8 Å². The van der Waals surface area contributed by atoms with Gasteiger partial charge in [-0.15, -0.1) is 0 Å². The van der Waals surface area contributed by atoms with E-state index >= 15 is 0 Å². The van der Waals surface area contributed by atoms with E-state index in [2.05, 4.69) is 18.7 Å². The van der Waals surface area contributed by atoms with Crippen molar-refractivity contribution in [3.8, 4) is 0 Å². The smallest absolute Gasteiger partial charge is 0.123 e. The minimum absolute atomic E-state index is 0.285. The molecule has 2 nitrogen and oxygen atoms in total. The Balaban J connectivity index is 2.32. The number of piperidine rings is 1. The third-order valence-corrected chi connectivity index (χ3v) is 3.89. The van der Waals surface area contributed by atoms with Crippen LogP contribution >= 0.6 is 0 Å². The Morgan fingerprint density at radius 3 is 2.72 bits per heavy atom. The summed E-state index contributed by atoms with van der Waals surface area (Å²) in [6.07, 6.45) is 1.67. The molecule has 18 heavy (non-hydrogen) atoms. The molecule has 100 valence electrons. The highest BCUT2D eigenvalue weighted by Crippen LogP contribution is 2.33. The van der Waals surface area contributed by atoms with Crippen LogP contribution in [0.1, 0.15) is 45.3 Å². The zero-order valence-corrected chi connectivity index (χ0v) is 11.4. The molecule has 0 radical (unpaired) electrons. The monoisotopic (exact) mass is 251 g/mol. The first-order chi connectivity index (χ1) is 8.49. The summed E-state index contributed by atoms with van der Waals surface area (Å²) in [6.45, 7) is 7.14. The summed E-state index contributed by atoms with van der Waals surface area (Å²) >= 11 is 0. The molecular formula is C15H22FNO. The lowest BCUT2D eigenvalue weighted by Gasteiger charge is -2.39. The Bertz CT molecular complexity index is 419. The van der Waals surface area contributed by atoms with Crippen LogP contribution in [0.15, 0.2) is 18.2 Å². The molecular weight excluding hydrogens is 229 g/mol. The van der Waals surface area contributed by atoms with E-state index in [1.807, 2.05) is 0 Å². The molecule has 1 heterocycles. The molecule has 1 aliphatic heterocycles. The second kappa shape index (κ2) is 5.27. The fourth-order valence-corrected chi connectivity index (χ4v) is 2.89. The van der Waals surface area contributed by atoms with Gasteiger partial charge < -0.3 is 10.0 Å². The highest BCUT2D eigenvalue weighted by atomic mass is 19.1. The molecule has 1 aliphatic rings. The molecule has 0 spiro atoms. The van der Waals surface area contributed by atoms with Crippen molar-refractivity contribution in [2.75, 3.05) is 11.4 Å². The number of benzene rings is 1. The van der Waals surface area contributed by atoms with Crippen molar-refractivity contribution >= 4 is 5.69 Å². The highest BCUT2D eigenvalue weighted by Gasteiger charge is 2.25. The Kier molecular flexibility index (Phi) is 3.91. The summed E-state index contributed by atoms with van der Waals surface area (Å²) in [4.78, 5) is 2.29. The van der Waals surface area contributed by atoms with Crippen LogP contribution in [0, 0.1) is 11.7 Å². The van der Waals surface area contributed by atoms with Crippen molar-refractivity contribution in [3.63, 3.8) is 0 Å². The molecule has 0 bridgehead atoms. The number of aliphatic hydroxyl groups excluding tert-OH is 1. The fraction of sp³-hybridized carbons (Fsp3) is 0.600. The highest BCUT2D eigenvalue weighted by molar-refractivity contribution is 5.55. The molecule has 1 fully saturated rings. The van der Waals surface area contributed by atoms with Gasteiger partial charge in [-0.3, -0.25) is 0 Å². The lowest BCUT2D eigenvalue weighted by molar-refractivity contribution is 0.198. The summed E-state index contributed by atoms with van der Waals surface area (Å²) in [5, 5.41) is 9.80. The standard InChI is InChI=1S/C15H22FNO/c1-10-6-7-17(11(2)8-10)15-5-4-13(16)9-14(15)12(3)18/h4-5,9-12,18H,6-8H2,1-3H3/t10?,11?,12-/m1/s1. The summed E-state index contributed by atoms with van der Waals surface area (Å²) in [6, 6.07) is 5.16. The van der Waals surface area contributed by atoms with Crippen LogP contribution in [-0.2, 0) is 0 Å². The minimum atomic E-state index is -0.637. The zero-order chi connectivity index (χ0) is 13.3. The molecule has 3 heteroatoms. The molecule has 1 N–H and O–H groups in total. The molecule has 2 rings (SSSR count). The molecule has 1 aromatic rings. The zero-order valence-electron chi connectivity index (χ0n) is 11.4. The van der Waals surface area contributed by atoms with E-state index in [4.69, 9.17) is 0 Å². The van der Waals surface area contributed by atoms with Crippen molar-refractivity contribution in [3.05, 3.63) is 29.6 Å². The predicted octanol–water partition coefficient (Wildman–Crippen LogP) is 3.50. The average Bonchev–Trinajstić information content (AvgIpc) is 2.29. The second-order valence-electron chi connectivity index (χ2n) is 5.55. The maximum absolute atomic E-state index is 13.3. The topological polar surface area (TPSA) is 23.5 Å². The average molecular weight is 251 g/mol. The normalized spacial score (nSPS) is 26.2. The van der Waals surface area contributed by atoms with Gasteiger partial charge in [0.2, 0.25) is 0 Å². The molecule has 1 aromatic carbocycles. The van der Waals surface area contributed by atoms with E-state index in [-0.39, 0.29) is 5.82 Å². The van der Waals surface area contributed by atoms with Crippen molar-refractivity contribution in [1.29, 1.82) is 0 Å². The van der Waals surface area contributed by atoms with Crippen LogP contribution in [0.3, 0.4) is 0 Å². The first-order valence-corrected chi connectivity index (χ1v) is 6.73. The summed E-state index contributed by atoms with van der Waals surface area (Å²) in [7, 11) is 0. The van der Waals surface area contributed by atoms with Gasteiger partial charge >= 0.3 is 0 Å². The van der Waals surface area contributed by atoms with Crippen LogP contribution < -0.4 is 4.90 Å². The number of hydrogen-bond acceptors (Lipinski definition) is 2. The number of nitrogens with zero attached hydrogens (tertiary/aromatic N) is 1. The molecule has 1 saturated heterocycles. The van der Waals surface area contributed by atoms with Gasteiger partial charge in [0, 0.05) is 23.8 Å². The van der Waals surface area contributed by atoms with E-state index in [1.165, 1.54) is 12.1 Å². The SMILES string of the molecule is CC1CCN(c2ccc(F)cc2[C@@H](C)O)C(C)C1. The van der Waals surface area contributed by atoms with Gasteiger partial charge in [-0.25, -0.2) is 4.39 Å². The molecule has 0 amide bonds. The van der Waals surface area contributed by atoms with E-state index in [0.717, 1.165) is 31.0 Å². The Labute approximate surface area is 108 Å². The molecule has 0 aliphatic carbocycles. The third-order valence-electron chi connectivity index (χ3n) is 3.89. The van der Waals surface area contributed by atoms with Gasteiger partial charge in [-0.05, 0) is 50.8 Å². The lowest BCUT2D eigenvalue weighted by Crippen LogP contribution is -2.40. The van der Waals surface area contributed by atoms with Gasteiger partial charge in [-0.2, -0.15) is 0 Å². The summed E-state index contributed by atoms with van der Waals surface area (Å²) in [5.74, 6) is 0.458. The first kappa shape index (κ1) is 13.3. The van der Waals surface area contributed by atoms with E-state index in [1.54, 1.807) is 13.0 Å². The van der Waals surface area contributed by atoms with Crippen LogP contribution in [0.5, 0.6) is 0 Å². The summed E-state index contributed by atoms with van der Waals surface area (Å²) in [5.41, 5.74) is 1.67. The molecule has 2 unspecified atom stereocenters. The Morgan fingerprint density at radius 1 is 1.39 bits per heavy atom.